The first-order valence-corrected chi connectivity index (χ1v) is 6.19. The number of rotatable bonds is 1. The molecule has 1 saturated heterocycles. The zero-order chi connectivity index (χ0) is 13.2. The number of hydrogen-bond acceptors (Lipinski definition) is 4. The summed E-state index contributed by atoms with van der Waals surface area (Å²) in [7, 11) is 0. The Morgan fingerprint density at radius 2 is 1.79 bits per heavy atom. The molecule has 0 radical (unpaired) electrons. The molecule has 1 fully saturated rings. The Labute approximate surface area is 111 Å². The molecule has 1 aromatic rings. The Morgan fingerprint density at radius 3 is 2.42 bits per heavy atom. The number of esters is 1. The van der Waals surface area contributed by atoms with Gasteiger partial charge in [-0.15, -0.1) is 0 Å². The number of hydrogen-bond donors (Lipinski definition) is 0. The van der Waals surface area contributed by atoms with Crippen molar-refractivity contribution in [3.05, 3.63) is 59.1 Å². The minimum atomic E-state index is -0.412. The first kappa shape index (κ1) is 11.8. The van der Waals surface area contributed by atoms with Crippen LogP contribution in [0.1, 0.15) is 17.2 Å². The van der Waals surface area contributed by atoms with Crippen molar-refractivity contribution in [3.63, 3.8) is 0 Å². The molecule has 1 aromatic carbocycles. The second kappa shape index (κ2) is 4.80. The van der Waals surface area contributed by atoms with E-state index in [1.54, 1.807) is 6.08 Å². The van der Waals surface area contributed by atoms with E-state index in [-0.39, 0.29) is 12.0 Å². The Bertz CT molecular complexity index is 546. The van der Waals surface area contributed by atoms with Gasteiger partial charge in [0.05, 0.1) is 0 Å². The molecule has 19 heavy (non-hydrogen) atoms. The second-order valence-electron chi connectivity index (χ2n) is 4.49. The molecular formula is C15H14O4. The summed E-state index contributed by atoms with van der Waals surface area (Å²) in [5.74, 6) is -0.145. The van der Waals surface area contributed by atoms with Gasteiger partial charge in [0.2, 0.25) is 0 Å². The lowest BCUT2D eigenvalue weighted by Crippen LogP contribution is -2.17. The highest BCUT2D eigenvalue weighted by Gasteiger charge is 2.27. The highest BCUT2D eigenvalue weighted by Crippen LogP contribution is 2.28. The summed E-state index contributed by atoms with van der Waals surface area (Å²) in [6, 6.07) is 7.90. The van der Waals surface area contributed by atoms with Gasteiger partial charge in [-0.05, 0) is 24.6 Å². The Hall–Kier alpha value is -2.23. The first-order valence-electron chi connectivity index (χ1n) is 6.19. The summed E-state index contributed by atoms with van der Waals surface area (Å²) in [5, 5.41) is 0. The van der Waals surface area contributed by atoms with Gasteiger partial charge in [0.15, 0.2) is 0 Å². The molecular weight excluding hydrogens is 244 g/mol. The number of aryl methyl sites for hydroxylation is 1. The second-order valence-corrected chi connectivity index (χ2v) is 4.49. The maximum absolute atomic E-state index is 11.9. The summed E-state index contributed by atoms with van der Waals surface area (Å²) in [5.41, 5.74) is 2.47. The number of cyclic esters (lactones) is 1. The van der Waals surface area contributed by atoms with E-state index in [2.05, 4.69) is 0 Å². The molecule has 2 aliphatic heterocycles. The van der Waals surface area contributed by atoms with Crippen molar-refractivity contribution < 1.29 is 19.0 Å². The normalized spacial score (nSPS) is 21.9. The van der Waals surface area contributed by atoms with Crippen LogP contribution in [0.4, 0.5) is 0 Å². The predicted octanol–water partition coefficient (Wildman–Crippen LogP) is 2.41. The van der Waals surface area contributed by atoms with Gasteiger partial charge in [-0.25, -0.2) is 4.79 Å². The monoisotopic (exact) mass is 258 g/mol. The molecule has 4 nitrogen and oxygen atoms in total. The van der Waals surface area contributed by atoms with Crippen LogP contribution in [-0.2, 0) is 19.0 Å². The van der Waals surface area contributed by atoms with Crippen LogP contribution in [0.25, 0.3) is 0 Å². The number of ether oxygens (including phenoxy) is 3. The molecule has 2 heterocycles. The number of benzene rings is 1. The van der Waals surface area contributed by atoms with Gasteiger partial charge < -0.3 is 14.2 Å². The van der Waals surface area contributed by atoms with Gasteiger partial charge in [0, 0.05) is 0 Å². The Balaban J connectivity index is 1.85. The highest BCUT2D eigenvalue weighted by atomic mass is 16.7. The quantitative estimate of drug-likeness (QED) is 0.573. The Morgan fingerprint density at radius 1 is 1.11 bits per heavy atom. The lowest BCUT2D eigenvalue weighted by Gasteiger charge is -2.19. The van der Waals surface area contributed by atoms with Gasteiger partial charge in [0.25, 0.3) is 5.95 Å². The average molecular weight is 258 g/mol. The summed E-state index contributed by atoms with van der Waals surface area (Å²) in [6.45, 7) is 2.96. The van der Waals surface area contributed by atoms with Crippen LogP contribution in [-0.4, -0.2) is 19.2 Å². The van der Waals surface area contributed by atoms with Gasteiger partial charge in [-0.1, -0.05) is 29.8 Å². The summed E-state index contributed by atoms with van der Waals surface area (Å²) in [4.78, 5) is 11.9. The molecule has 0 N–H and O–H groups in total. The van der Waals surface area contributed by atoms with Crippen molar-refractivity contribution in [1.29, 1.82) is 0 Å². The maximum atomic E-state index is 11.9. The first-order chi connectivity index (χ1) is 9.24. The van der Waals surface area contributed by atoms with Crippen LogP contribution in [0.15, 0.2) is 47.9 Å². The molecule has 0 bridgehead atoms. The van der Waals surface area contributed by atoms with E-state index in [4.69, 9.17) is 14.2 Å². The molecule has 1 atom stereocenters. The largest absolute Gasteiger partial charge is 0.461 e. The van der Waals surface area contributed by atoms with Crippen molar-refractivity contribution in [2.75, 3.05) is 13.2 Å². The fourth-order valence-electron chi connectivity index (χ4n) is 2.02. The van der Waals surface area contributed by atoms with E-state index in [0.717, 1.165) is 5.56 Å². The standard InChI is InChI=1S/C15H14O4/c1-10-2-4-11(5-3-10)13-7-6-12(14(16)19-13)15-17-8-9-18-15/h2-7,13H,8-9H2,1H3. The third-order valence-corrected chi connectivity index (χ3v) is 3.07. The number of carbonyl (C=O) groups excluding carboxylic acids is 1. The van der Waals surface area contributed by atoms with E-state index in [0.29, 0.717) is 18.8 Å². The molecule has 0 spiro atoms. The van der Waals surface area contributed by atoms with Gasteiger partial charge in [-0.2, -0.15) is 0 Å². The molecule has 0 aromatic heterocycles. The zero-order valence-corrected chi connectivity index (χ0v) is 10.6. The van der Waals surface area contributed by atoms with E-state index < -0.39 is 5.97 Å². The number of carbonyl (C=O) groups is 1. The highest BCUT2D eigenvalue weighted by molar-refractivity contribution is 5.93. The topological polar surface area (TPSA) is 44.8 Å². The maximum Gasteiger partial charge on any atom is 0.346 e. The van der Waals surface area contributed by atoms with E-state index in [1.165, 1.54) is 5.56 Å². The third kappa shape index (κ3) is 2.34. The van der Waals surface area contributed by atoms with Crippen LogP contribution in [0, 0.1) is 6.92 Å². The molecule has 3 rings (SSSR count). The van der Waals surface area contributed by atoms with Crippen LogP contribution in [0.5, 0.6) is 0 Å². The minimum Gasteiger partial charge on any atom is -0.461 e. The van der Waals surface area contributed by atoms with Crippen molar-refractivity contribution in [2.45, 2.75) is 13.0 Å². The average Bonchev–Trinajstić information content (AvgIpc) is 2.93. The molecule has 98 valence electrons. The van der Waals surface area contributed by atoms with Gasteiger partial charge in [-0.3, -0.25) is 0 Å². The van der Waals surface area contributed by atoms with Crippen LogP contribution >= 0.6 is 0 Å². The van der Waals surface area contributed by atoms with E-state index in [9.17, 15) is 4.79 Å². The fraction of sp³-hybridized carbons (Fsp3) is 0.267. The molecule has 2 aliphatic rings. The zero-order valence-electron chi connectivity index (χ0n) is 10.6. The lowest BCUT2D eigenvalue weighted by molar-refractivity contribution is -0.143. The van der Waals surface area contributed by atoms with Crippen molar-refractivity contribution in [3.8, 4) is 0 Å². The van der Waals surface area contributed by atoms with Crippen LogP contribution in [0.2, 0.25) is 0 Å². The van der Waals surface area contributed by atoms with Crippen molar-refractivity contribution in [2.24, 2.45) is 0 Å². The fourth-order valence-corrected chi connectivity index (χ4v) is 2.02. The minimum absolute atomic E-state index is 0.267. The predicted molar refractivity (Wildman–Crippen MR) is 68.1 cm³/mol. The molecule has 0 aliphatic carbocycles. The third-order valence-electron chi connectivity index (χ3n) is 3.07. The summed E-state index contributed by atoms with van der Waals surface area (Å²) >= 11 is 0. The van der Waals surface area contributed by atoms with Gasteiger partial charge >= 0.3 is 5.97 Å². The molecule has 0 amide bonds. The Kier molecular flexibility index (Phi) is 2.99. The van der Waals surface area contributed by atoms with Crippen LogP contribution < -0.4 is 0 Å². The summed E-state index contributed by atoms with van der Waals surface area (Å²) < 4.78 is 15.8. The molecule has 0 saturated carbocycles. The van der Waals surface area contributed by atoms with E-state index in [1.807, 2.05) is 37.3 Å². The SMILES string of the molecule is Cc1ccc(C2C=CC(=C3OCCO3)C(=O)O2)cc1. The smallest absolute Gasteiger partial charge is 0.346 e. The summed E-state index contributed by atoms with van der Waals surface area (Å²) in [6.07, 6.45) is 3.19. The van der Waals surface area contributed by atoms with Crippen molar-refractivity contribution >= 4 is 5.97 Å². The molecule has 1 unspecified atom stereocenters. The molecule has 4 heteroatoms. The lowest BCUT2D eigenvalue weighted by atomic mass is 10.0. The van der Waals surface area contributed by atoms with E-state index >= 15 is 0 Å². The van der Waals surface area contributed by atoms with Gasteiger partial charge in [0.1, 0.15) is 24.9 Å². The van der Waals surface area contributed by atoms with Crippen LogP contribution in [0.3, 0.4) is 0 Å². The van der Waals surface area contributed by atoms with Crippen molar-refractivity contribution in [1.82, 2.24) is 0 Å².